The van der Waals surface area contributed by atoms with Crippen LogP contribution >= 0.6 is 0 Å². The van der Waals surface area contributed by atoms with Gasteiger partial charge in [-0.05, 0) is 19.4 Å². The summed E-state index contributed by atoms with van der Waals surface area (Å²) in [4.78, 5) is 20.7. The molecule has 21 heavy (non-hydrogen) atoms. The zero-order valence-electron chi connectivity index (χ0n) is 11.6. The third-order valence-electron chi connectivity index (χ3n) is 3.05. The van der Waals surface area contributed by atoms with E-state index in [1.54, 1.807) is 6.92 Å². The van der Waals surface area contributed by atoms with Gasteiger partial charge in [-0.1, -0.05) is 13.0 Å². The van der Waals surface area contributed by atoms with Gasteiger partial charge >= 0.3 is 5.97 Å². The fourth-order valence-electron chi connectivity index (χ4n) is 1.65. The second-order valence-electron chi connectivity index (χ2n) is 4.50. The van der Waals surface area contributed by atoms with Crippen LogP contribution in [0.3, 0.4) is 0 Å². The fourth-order valence-corrected chi connectivity index (χ4v) is 2.75. The summed E-state index contributed by atoms with van der Waals surface area (Å²) >= 11 is 0. The molecule has 0 saturated heterocycles. The van der Waals surface area contributed by atoms with Crippen LogP contribution in [0.4, 0.5) is 5.69 Å². The molecule has 0 aliphatic rings. The highest BCUT2D eigenvalue weighted by atomic mass is 32.2. The number of aliphatic carboxylic acids is 1. The van der Waals surface area contributed by atoms with Crippen LogP contribution in [0.5, 0.6) is 0 Å². The van der Waals surface area contributed by atoms with Gasteiger partial charge in [0.1, 0.15) is 0 Å². The van der Waals surface area contributed by atoms with Gasteiger partial charge in [0.05, 0.1) is 15.7 Å². The van der Waals surface area contributed by atoms with Crippen LogP contribution in [0, 0.1) is 23.0 Å². The van der Waals surface area contributed by atoms with Gasteiger partial charge in [0.25, 0.3) is 5.69 Å². The van der Waals surface area contributed by atoms with Crippen molar-refractivity contribution in [2.45, 2.75) is 25.2 Å². The lowest BCUT2D eigenvalue weighted by atomic mass is 10.1. The first kappa shape index (κ1) is 17.1. The maximum absolute atomic E-state index is 12.0. The number of rotatable bonds is 7. The van der Waals surface area contributed by atoms with Gasteiger partial charge in [0.2, 0.25) is 10.0 Å². The van der Waals surface area contributed by atoms with Crippen molar-refractivity contribution in [3.05, 3.63) is 33.9 Å². The molecule has 1 aromatic rings. The highest BCUT2D eigenvalue weighted by molar-refractivity contribution is 7.89. The minimum atomic E-state index is -3.99. The molecule has 116 valence electrons. The van der Waals surface area contributed by atoms with E-state index in [2.05, 4.69) is 4.72 Å². The highest BCUT2D eigenvalue weighted by Gasteiger charge is 2.22. The van der Waals surface area contributed by atoms with Crippen molar-refractivity contribution >= 4 is 21.7 Å². The minimum absolute atomic E-state index is 0.264. The van der Waals surface area contributed by atoms with E-state index in [0.717, 1.165) is 6.07 Å². The van der Waals surface area contributed by atoms with Crippen LogP contribution in [-0.4, -0.2) is 31.0 Å². The van der Waals surface area contributed by atoms with Crippen molar-refractivity contribution in [3.63, 3.8) is 0 Å². The van der Waals surface area contributed by atoms with Gasteiger partial charge in [-0.2, -0.15) is 0 Å². The highest BCUT2D eigenvalue weighted by Crippen LogP contribution is 2.22. The Kier molecular flexibility index (Phi) is 5.39. The summed E-state index contributed by atoms with van der Waals surface area (Å²) in [7, 11) is -3.99. The Morgan fingerprint density at radius 3 is 2.57 bits per heavy atom. The van der Waals surface area contributed by atoms with E-state index in [1.165, 1.54) is 19.1 Å². The summed E-state index contributed by atoms with van der Waals surface area (Å²) < 4.78 is 26.2. The second-order valence-corrected chi connectivity index (χ2v) is 6.27. The number of hydrogen-bond acceptors (Lipinski definition) is 5. The van der Waals surface area contributed by atoms with E-state index in [0.29, 0.717) is 5.56 Å². The van der Waals surface area contributed by atoms with Gasteiger partial charge < -0.3 is 5.11 Å². The molecule has 0 bridgehead atoms. The zero-order chi connectivity index (χ0) is 16.2. The SMILES string of the molecule is CCC(CNS(=O)(=O)c1ccc(C)c([N+](=O)[O-])c1)C(=O)O. The van der Waals surface area contributed by atoms with Crippen LogP contribution in [0.25, 0.3) is 0 Å². The Bertz CT molecular complexity index is 656. The molecule has 0 aliphatic carbocycles. The molecule has 1 atom stereocenters. The first-order valence-electron chi connectivity index (χ1n) is 6.16. The lowest BCUT2D eigenvalue weighted by molar-refractivity contribution is -0.385. The summed E-state index contributed by atoms with van der Waals surface area (Å²) in [5.41, 5.74) is 0.0408. The Morgan fingerprint density at radius 1 is 1.48 bits per heavy atom. The van der Waals surface area contributed by atoms with Crippen LogP contribution in [0.15, 0.2) is 23.1 Å². The second kappa shape index (κ2) is 6.64. The van der Waals surface area contributed by atoms with Gasteiger partial charge in [0, 0.05) is 18.2 Å². The number of nitro groups is 1. The Morgan fingerprint density at radius 2 is 2.10 bits per heavy atom. The number of hydrogen-bond donors (Lipinski definition) is 2. The molecule has 9 heteroatoms. The number of nitrogens with one attached hydrogen (secondary N) is 1. The standard InChI is InChI=1S/C12H16N2O6S/c1-3-9(12(15)16)7-13-21(19,20)10-5-4-8(2)11(6-10)14(17)18/h4-6,9,13H,3,7H2,1-2H3,(H,15,16). The molecular weight excluding hydrogens is 300 g/mol. The van der Waals surface area contributed by atoms with Crippen LogP contribution in [0.2, 0.25) is 0 Å². The van der Waals surface area contributed by atoms with Crippen molar-refractivity contribution in [2.24, 2.45) is 5.92 Å². The van der Waals surface area contributed by atoms with Crippen molar-refractivity contribution in [2.75, 3.05) is 6.54 Å². The molecule has 0 aromatic heterocycles. The fraction of sp³-hybridized carbons (Fsp3) is 0.417. The molecule has 1 aromatic carbocycles. The van der Waals surface area contributed by atoms with Gasteiger partial charge in [-0.3, -0.25) is 14.9 Å². The number of carbonyl (C=O) groups is 1. The number of benzene rings is 1. The average Bonchev–Trinajstić information content (AvgIpc) is 2.38. The normalized spacial score (nSPS) is 12.9. The summed E-state index contributed by atoms with van der Waals surface area (Å²) in [6, 6.07) is 3.53. The van der Waals surface area contributed by atoms with E-state index in [1.807, 2.05) is 0 Å². The predicted molar refractivity (Wildman–Crippen MR) is 74.4 cm³/mol. The summed E-state index contributed by atoms with van der Waals surface area (Å²) in [6.07, 6.45) is 0.270. The molecule has 2 N–H and O–H groups in total. The molecule has 0 spiro atoms. The lowest BCUT2D eigenvalue weighted by Crippen LogP contribution is -2.32. The van der Waals surface area contributed by atoms with E-state index in [4.69, 9.17) is 5.11 Å². The summed E-state index contributed by atoms with van der Waals surface area (Å²) in [5.74, 6) is -1.95. The van der Waals surface area contributed by atoms with E-state index < -0.39 is 26.8 Å². The zero-order valence-corrected chi connectivity index (χ0v) is 12.4. The summed E-state index contributed by atoms with van der Waals surface area (Å²) in [6.45, 7) is 2.86. The van der Waals surface area contributed by atoms with Gasteiger partial charge in [-0.25, -0.2) is 13.1 Å². The molecular formula is C12H16N2O6S. The summed E-state index contributed by atoms with van der Waals surface area (Å²) in [5, 5.41) is 19.7. The number of carboxylic acid groups (broad SMARTS) is 1. The van der Waals surface area contributed by atoms with Crippen molar-refractivity contribution in [1.82, 2.24) is 4.72 Å². The van der Waals surface area contributed by atoms with Gasteiger partial charge in [0.15, 0.2) is 0 Å². The van der Waals surface area contributed by atoms with Crippen LogP contribution in [0.1, 0.15) is 18.9 Å². The van der Waals surface area contributed by atoms with E-state index in [-0.39, 0.29) is 23.5 Å². The lowest BCUT2D eigenvalue weighted by Gasteiger charge is -2.11. The molecule has 0 heterocycles. The van der Waals surface area contributed by atoms with Crippen molar-refractivity contribution in [1.29, 1.82) is 0 Å². The number of nitrogens with zero attached hydrogens (tertiary/aromatic N) is 1. The Hall–Kier alpha value is -2.00. The van der Waals surface area contributed by atoms with Crippen molar-refractivity contribution < 1.29 is 23.2 Å². The first-order valence-corrected chi connectivity index (χ1v) is 7.65. The number of sulfonamides is 1. The first-order chi connectivity index (χ1) is 9.69. The minimum Gasteiger partial charge on any atom is -0.481 e. The van der Waals surface area contributed by atoms with Gasteiger partial charge in [-0.15, -0.1) is 0 Å². The predicted octanol–water partition coefficient (Wildman–Crippen LogP) is 1.29. The Labute approximate surface area is 122 Å². The molecule has 0 aliphatic heterocycles. The monoisotopic (exact) mass is 316 g/mol. The number of nitro benzene ring substituents is 1. The molecule has 8 nitrogen and oxygen atoms in total. The van der Waals surface area contributed by atoms with Crippen LogP contribution in [-0.2, 0) is 14.8 Å². The molecule has 1 rings (SSSR count). The molecule has 0 fully saturated rings. The molecule has 0 radical (unpaired) electrons. The third-order valence-corrected chi connectivity index (χ3v) is 4.47. The Balaban J connectivity index is 3.01. The van der Waals surface area contributed by atoms with Crippen LogP contribution < -0.4 is 4.72 Å². The molecule has 0 amide bonds. The molecule has 1 unspecified atom stereocenters. The largest absolute Gasteiger partial charge is 0.481 e. The van der Waals surface area contributed by atoms with E-state index >= 15 is 0 Å². The maximum atomic E-state index is 12.0. The smallest absolute Gasteiger partial charge is 0.307 e. The quantitative estimate of drug-likeness (QED) is 0.576. The number of carboxylic acids is 1. The topological polar surface area (TPSA) is 127 Å². The average molecular weight is 316 g/mol. The third kappa shape index (κ3) is 4.23. The molecule has 0 saturated carbocycles. The van der Waals surface area contributed by atoms with Crippen molar-refractivity contribution in [3.8, 4) is 0 Å². The number of aryl methyl sites for hydroxylation is 1. The maximum Gasteiger partial charge on any atom is 0.307 e. The van der Waals surface area contributed by atoms with E-state index in [9.17, 15) is 23.3 Å².